The average Bonchev–Trinajstić information content (AvgIpc) is 3.34. The molecule has 2 unspecified atom stereocenters. The van der Waals surface area contributed by atoms with Crippen LogP contribution in [0.2, 0.25) is 0 Å². The molecule has 25 heavy (non-hydrogen) atoms. The minimum Gasteiger partial charge on any atom is -0.380 e. The number of anilines is 1. The standard InChI is InChI=1S/C17H20N4O4/c22-14(15(23)17(25)21-9-1-2-10-21)16(24)19-12-5-3-11(4-6-12)13-7-8-18-20-13/h3-8,14-15,22-23H,1-2,9-10H2,(H,18,20)(H,19,24). The molecule has 1 aliphatic rings. The Balaban J connectivity index is 1.60. The number of H-pyrrole nitrogens is 1. The predicted octanol–water partition coefficient (Wildman–Crippen LogP) is 0.359. The minimum absolute atomic E-state index is 0.452. The van der Waals surface area contributed by atoms with Gasteiger partial charge in [-0.1, -0.05) is 12.1 Å². The number of aromatic nitrogens is 2. The summed E-state index contributed by atoms with van der Waals surface area (Å²) in [5, 5.41) is 29.1. The topological polar surface area (TPSA) is 119 Å². The van der Waals surface area contributed by atoms with Gasteiger partial charge in [-0.05, 0) is 36.6 Å². The Hall–Kier alpha value is -2.71. The van der Waals surface area contributed by atoms with Crippen LogP contribution in [-0.2, 0) is 9.59 Å². The summed E-state index contributed by atoms with van der Waals surface area (Å²) in [7, 11) is 0. The number of likely N-dealkylation sites (tertiary alicyclic amines) is 1. The van der Waals surface area contributed by atoms with Crippen LogP contribution < -0.4 is 5.32 Å². The Labute approximate surface area is 144 Å². The number of aromatic amines is 1. The van der Waals surface area contributed by atoms with Crippen molar-refractivity contribution in [1.29, 1.82) is 0 Å². The molecule has 0 saturated carbocycles. The van der Waals surface area contributed by atoms with Gasteiger partial charge < -0.3 is 20.4 Å². The van der Waals surface area contributed by atoms with Gasteiger partial charge in [0.05, 0.1) is 5.69 Å². The Morgan fingerprint density at radius 1 is 1.08 bits per heavy atom. The molecule has 4 N–H and O–H groups in total. The number of nitrogens with one attached hydrogen (secondary N) is 2. The summed E-state index contributed by atoms with van der Waals surface area (Å²) in [4.78, 5) is 25.6. The van der Waals surface area contributed by atoms with Crippen molar-refractivity contribution in [1.82, 2.24) is 15.1 Å². The molecule has 0 spiro atoms. The fraction of sp³-hybridized carbons (Fsp3) is 0.353. The zero-order chi connectivity index (χ0) is 17.8. The lowest BCUT2D eigenvalue weighted by Crippen LogP contribution is -2.48. The fourth-order valence-electron chi connectivity index (χ4n) is 2.77. The molecule has 0 aliphatic carbocycles. The first-order valence-electron chi connectivity index (χ1n) is 8.12. The van der Waals surface area contributed by atoms with Gasteiger partial charge in [0.25, 0.3) is 11.8 Å². The van der Waals surface area contributed by atoms with Gasteiger partial charge in [0.1, 0.15) is 0 Å². The van der Waals surface area contributed by atoms with Gasteiger partial charge in [0.2, 0.25) is 0 Å². The van der Waals surface area contributed by atoms with Crippen LogP contribution in [-0.4, -0.2) is 62.4 Å². The highest BCUT2D eigenvalue weighted by Crippen LogP contribution is 2.19. The number of rotatable bonds is 5. The van der Waals surface area contributed by atoms with Gasteiger partial charge in [-0.2, -0.15) is 5.10 Å². The van der Waals surface area contributed by atoms with Gasteiger partial charge in [0.15, 0.2) is 12.2 Å². The second-order valence-corrected chi connectivity index (χ2v) is 5.96. The van der Waals surface area contributed by atoms with Crippen LogP contribution in [0.3, 0.4) is 0 Å². The zero-order valence-electron chi connectivity index (χ0n) is 13.6. The van der Waals surface area contributed by atoms with Gasteiger partial charge >= 0.3 is 0 Å². The summed E-state index contributed by atoms with van der Waals surface area (Å²) in [6.45, 7) is 1.08. The number of carbonyl (C=O) groups is 2. The lowest BCUT2D eigenvalue weighted by atomic mass is 10.1. The number of benzene rings is 1. The second kappa shape index (κ2) is 7.45. The molecule has 132 valence electrons. The van der Waals surface area contributed by atoms with E-state index < -0.39 is 24.0 Å². The third-order valence-corrected chi connectivity index (χ3v) is 4.20. The van der Waals surface area contributed by atoms with E-state index in [0.717, 1.165) is 24.1 Å². The Bertz CT molecular complexity index is 724. The van der Waals surface area contributed by atoms with Crippen molar-refractivity contribution in [3.63, 3.8) is 0 Å². The van der Waals surface area contributed by atoms with Crippen molar-refractivity contribution in [3.05, 3.63) is 36.5 Å². The summed E-state index contributed by atoms with van der Waals surface area (Å²) in [6.07, 6.45) is -0.213. The molecule has 3 rings (SSSR count). The lowest BCUT2D eigenvalue weighted by molar-refractivity contribution is -0.150. The Morgan fingerprint density at radius 3 is 2.36 bits per heavy atom. The van der Waals surface area contributed by atoms with Gasteiger partial charge in [-0.25, -0.2) is 0 Å². The molecule has 1 aromatic heterocycles. The predicted molar refractivity (Wildman–Crippen MR) is 90.5 cm³/mol. The zero-order valence-corrected chi connectivity index (χ0v) is 13.6. The number of hydrogen-bond acceptors (Lipinski definition) is 5. The molecule has 2 amide bonds. The van der Waals surface area contributed by atoms with E-state index >= 15 is 0 Å². The van der Waals surface area contributed by atoms with Crippen LogP contribution in [0.5, 0.6) is 0 Å². The smallest absolute Gasteiger partial charge is 0.256 e. The number of amides is 2. The van der Waals surface area contributed by atoms with Gasteiger partial charge in [-0.3, -0.25) is 14.7 Å². The molecule has 2 heterocycles. The van der Waals surface area contributed by atoms with Crippen LogP contribution in [0.1, 0.15) is 12.8 Å². The average molecular weight is 344 g/mol. The normalized spacial score (nSPS) is 16.5. The number of carbonyl (C=O) groups excluding carboxylic acids is 2. The van der Waals surface area contributed by atoms with E-state index in [0.29, 0.717) is 18.8 Å². The largest absolute Gasteiger partial charge is 0.380 e. The minimum atomic E-state index is -1.82. The highest BCUT2D eigenvalue weighted by Gasteiger charge is 2.34. The summed E-state index contributed by atoms with van der Waals surface area (Å²) in [6, 6.07) is 8.70. The van der Waals surface area contributed by atoms with E-state index in [4.69, 9.17) is 0 Å². The van der Waals surface area contributed by atoms with Crippen molar-refractivity contribution in [2.75, 3.05) is 18.4 Å². The van der Waals surface area contributed by atoms with E-state index in [2.05, 4.69) is 15.5 Å². The van der Waals surface area contributed by atoms with Crippen LogP contribution >= 0.6 is 0 Å². The molecule has 0 radical (unpaired) electrons. The van der Waals surface area contributed by atoms with E-state index in [1.807, 2.05) is 6.07 Å². The van der Waals surface area contributed by atoms with Crippen molar-refractivity contribution < 1.29 is 19.8 Å². The van der Waals surface area contributed by atoms with Gasteiger partial charge in [0, 0.05) is 25.0 Å². The molecular formula is C17H20N4O4. The van der Waals surface area contributed by atoms with Gasteiger partial charge in [-0.15, -0.1) is 0 Å². The number of aliphatic hydroxyl groups is 2. The highest BCUT2D eigenvalue weighted by molar-refractivity contribution is 5.98. The molecule has 2 aromatic rings. The maximum Gasteiger partial charge on any atom is 0.256 e. The molecule has 8 heteroatoms. The maximum absolute atomic E-state index is 12.1. The lowest BCUT2D eigenvalue weighted by Gasteiger charge is -2.22. The van der Waals surface area contributed by atoms with Crippen LogP contribution in [0.4, 0.5) is 5.69 Å². The van der Waals surface area contributed by atoms with Crippen molar-refractivity contribution in [2.24, 2.45) is 0 Å². The van der Waals surface area contributed by atoms with Crippen molar-refractivity contribution in [2.45, 2.75) is 25.0 Å². The number of aliphatic hydroxyl groups excluding tert-OH is 2. The molecule has 8 nitrogen and oxygen atoms in total. The molecule has 1 fully saturated rings. The summed E-state index contributed by atoms with van der Waals surface area (Å²) in [5.41, 5.74) is 2.18. The SMILES string of the molecule is O=C(Nc1ccc(-c2ccn[nH]2)cc1)C(O)C(O)C(=O)N1CCCC1. The first-order valence-corrected chi connectivity index (χ1v) is 8.12. The Morgan fingerprint density at radius 2 is 1.76 bits per heavy atom. The molecule has 1 aliphatic heterocycles. The fourth-order valence-corrected chi connectivity index (χ4v) is 2.77. The summed E-state index contributed by atoms with van der Waals surface area (Å²) < 4.78 is 0. The summed E-state index contributed by atoms with van der Waals surface area (Å²) >= 11 is 0. The highest BCUT2D eigenvalue weighted by atomic mass is 16.3. The Kier molecular flexibility index (Phi) is 5.11. The third-order valence-electron chi connectivity index (χ3n) is 4.20. The number of nitrogens with zero attached hydrogens (tertiary/aromatic N) is 2. The van der Waals surface area contributed by atoms with Crippen LogP contribution in [0.25, 0.3) is 11.3 Å². The monoisotopic (exact) mass is 344 g/mol. The second-order valence-electron chi connectivity index (χ2n) is 5.96. The molecular weight excluding hydrogens is 324 g/mol. The van der Waals surface area contributed by atoms with E-state index in [-0.39, 0.29) is 0 Å². The van der Waals surface area contributed by atoms with E-state index in [1.165, 1.54) is 4.90 Å². The van der Waals surface area contributed by atoms with E-state index in [9.17, 15) is 19.8 Å². The first-order chi connectivity index (χ1) is 12.1. The maximum atomic E-state index is 12.1. The number of hydrogen-bond donors (Lipinski definition) is 4. The van der Waals surface area contributed by atoms with Crippen LogP contribution in [0.15, 0.2) is 36.5 Å². The molecule has 1 aromatic carbocycles. The molecule has 2 atom stereocenters. The molecule has 1 saturated heterocycles. The van der Waals surface area contributed by atoms with E-state index in [1.54, 1.807) is 30.5 Å². The van der Waals surface area contributed by atoms with Crippen LogP contribution in [0, 0.1) is 0 Å². The summed E-state index contributed by atoms with van der Waals surface area (Å²) in [5.74, 6) is -1.44. The third kappa shape index (κ3) is 3.86. The molecule has 0 bridgehead atoms. The quantitative estimate of drug-likeness (QED) is 0.624. The first kappa shape index (κ1) is 17.1. The van der Waals surface area contributed by atoms with Crippen molar-refractivity contribution >= 4 is 17.5 Å². The van der Waals surface area contributed by atoms with Crippen molar-refractivity contribution in [3.8, 4) is 11.3 Å².